The van der Waals surface area contributed by atoms with Crippen LogP contribution in [0, 0.1) is 0 Å². The Morgan fingerprint density at radius 1 is 0.778 bits per heavy atom. The Hall–Kier alpha value is -0.0366. The van der Waals surface area contributed by atoms with Crippen molar-refractivity contribution in [3.05, 3.63) is 0 Å². The van der Waals surface area contributed by atoms with E-state index in [0.29, 0.717) is 0 Å². The van der Waals surface area contributed by atoms with Crippen molar-refractivity contribution in [3.63, 3.8) is 0 Å². The first kappa shape index (κ1) is 16.0. The molecule has 0 aliphatic heterocycles. The molecule has 0 rings (SSSR count). The topological polar surface area (TPSA) is 34.1 Å². The summed E-state index contributed by atoms with van der Waals surface area (Å²) in [7, 11) is 0. The summed E-state index contributed by atoms with van der Waals surface area (Å²) in [6.07, 6.45) is 0. The van der Waals surface area contributed by atoms with Crippen LogP contribution in [0.1, 0.15) is 27.7 Å². The van der Waals surface area contributed by atoms with Gasteiger partial charge in [-0.15, -0.1) is 0 Å². The van der Waals surface area contributed by atoms with Gasteiger partial charge in [0, 0.05) is 0 Å². The molecule has 0 saturated carbocycles. The van der Waals surface area contributed by atoms with E-state index in [9.17, 15) is 9.59 Å². The third-order valence-electron chi connectivity index (χ3n) is 0. The first-order valence-electron chi connectivity index (χ1n) is 2.41. The largest absolute Gasteiger partial charge is 2.00 e. The summed E-state index contributed by atoms with van der Waals surface area (Å²) in [5.41, 5.74) is 0. The molecule has 0 heterocycles. The Kier molecular flexibility index (Phi) is 19.3. The molecule has 0 aromatic heterocycles. The zero-order valence-corrected chi connectivity index (χ0v) is 9.49. The average molecular weight is 182 g/mol. The molecule has 0 N–H and O–H groups in total. The number of hydrogen-bond acceptors (Lipinski definition) is 2. The molecule has 0 aromatic rings. The summed E-state index contributed by atoms with van der Waals surface area (Å²) >= 11 is 0. The van der Waals surface area contributed by atoms with Crippen LogP contribution in [0.2, 0.25) is 0 Å². The van der Waals surface area contributed by atoms with E-state index >= 15 is 0 Å². The Morgan fingerprint density at radius 2 is 0.778 bits per heavy atom. The minimum Gasteiger partial charge on any atom is -0.300 e. The third kappa shape index (κ3) is 211000. The Balaban J connectivity index is -0.0000000720. The maximum atomic E-state index is 9.44. The van der Waals surface area contributed by atoms with Gasteiger partial charge in [0.15, 0.2) is 0 Å². The zero-order chi connectivity index (χ0) is 7.15. The summed E-state index contributed by atoms with van der Waals surface area (Å²) in [5.74, 6) is 0.333. The van der Waals surface area contributed by atoms with Gasteiger partial charge < -0.3 is 9.59 Å². The molecule has 0 aromatic carbocycles. The van der Waals surface area contributed by atoms with Crippen molar-refractivity contribution < 1.29 is 29.1 Å². The Morgan fingerprint density at radius 3 is 0.778 bits per heavy atom. The summed E-state index contributed by atoms with van der Waals surface area (Å²) in [6.45, 7) is 6.11. The van der Waals surface area contributed by atoms with Gasteiger partial charge in [0.1, 0.15) is 11.6 Å². The van der Waals surface area contributed by atoms with Crippen LogP contribution in [-0.2, 0) is 29.1 Å². The van der Waals surface area contributed by atoms with Gasteiger partial charge >= 0.3 is 19.5 Å². The predicted molar refractivity (Wildman–Crippen MR) is 32.7 cm³/mol. The van der Waals surface area contributed by atoms with E-state index in [2.05, 4.69) is 0 Å². The number of carbonyl (C=O) groups excluding carboxylic acids is 2. The molecular weight excluding hydrogens is 169 g/mol. The van der Waals surface area contributed by atoms with E-state index in [4.69, 9.17) is 0 Å². The van der Waals surface area contributed by atoms with Crippen LogP contribution in [0.3, 0.4) is 0 Å². The van der Waals surface area contributed by atoms with E-state index in [0.717, 1.165) is 0 Å². The third-order valence-corrected chi connectivity index (χ3v) is 0. The molecule has 2 nitrogen and oxygen atoms in total. The smallest absolute Gasteiger partial charge is 0.300 e. The van der Waals surface area contributed by atoms with Gasteiger partial charge in [-0.3, -0.25) is 0 Å². The van der Waals surface area contributed by atoms with Gasteiger partial charge in [-0.25, -0.2) is 0 Å². The first-order valence-corrected chi connectivity index (χ1v) is 2.41. The molecule has 0 saturated heterocycles. The molecule has 0 aliphatic rings. The number of Topliss-reactive ketones (excluding diaryl/α,β-unsaturated/α-hetero) is 2. The van der Waals surface area contributed by atoms with Gasteiger partial charge in [0.2, 0.25) is 0 Å². The van der Waals surface area contributed by atoms with Crippen molar-refractivity contribution in [2.75, 3.05) is 0 Å². The van der Waals surface area contributed by atoms with Crippen LogP contribution in [0.15, 0.2) is 0 Å². The van der Waals surface area contributed by atoms with Crippen LogP contribution in [0.25, 0.3) is 0 Å². The molecule has 0 atom stereocenters. The van der Waals surface area contributed by atoms with Crippen molar-refractivity contribution in [2.45, 2.75) is 27.7 Å². The Bertz CT molecular complexity index is 69.1. The fraction of sp³-hybridized carbons (Fsp3) is 0.667. The second-order valence-corrected chi connectivity index (χ2v) is 1.82. The number of rotatable bonds is 0. The van der Waals surface area contributed by atoms with Crippen molar-refractivity contribution in [1.82, 2.24) is 0 Å². The summed E-state index contributed by atoms with van der Waals surface area (Å²) in [5, 5.41) is 0. The van der Waals surface area contributed by atoms with E-state index in [-0.39, 0.29) is 31.0 Å². The van der Waals surface area contributed by atoms with Crippen molar-refractivity contribution in [2.24, 2.45) is 0 Å². The van der Waals surface area contributed by atoms with E-state index in [1.165, 1.54) is 27.7 Å². The molecule has 9 heavy (non-hydrogen) atoms. The Labute approximate surface area is 68.8 Å². The van der Waals surface area contributed by atoms with Gasteiger partial charge in [-0.05, 0) is 27.7 Å². The second kappa shape index (κ2) is 10.9. The molecule has 0 amide bonds. The standard InChI is InChI=1S/2C3H6O.Zn/c2*1-3(2)4;/h2*1-2H3;/q;;+2. The van der Waals surface area contributed by atoms with Crippen molar-refractivity contribution >= 4 is 11.6 Å². The van der Waals surface area contributed by atoms with Gasteiger partial charge in [-0.1, -0.05) is 0 Å². The predicted octanol–water partition coefficient (Wildman–Crippen LogP) is 1.19. The van der Waals surface area contributed by atoms with Crippen LogP contribution < -0.4 is 0 Å². The van der Waals surface area contributed by atoms with Crippen LogP contribution in [-0.4, -0.2) is 11.6 Å². The first-order chi connectivity index (χ1) is 3.46. The molecule has 0 radical (unpaired) electrons. The average Bonchev–Trinajstić information content (AvgIpc) is 1.25. The zero-order valence-electron chi connectivity index (χ0n) is 6.52. The molecular formula is C6H12O2Zn+2. The fourth-order valence-electron chi connectivity index (χ4n) is 0. The second-order valence-electron chi connectivity index (χ2n) is 1.82. The molecule has 3 heteroatoms. The van der Waals surface area contributed by atoms with Gasteiger partial charge in [0.25, 0.3) is 0 Å². The maximum Gasteiger partial charge on any atom is 2.00 e. The van der Waals surface area contributed by atoms with Crippen molar-refractivity contribution in [3.8, 4) is 0 Å². The van der Waals surface area contributed by atoms with Gasteiger partial charge in [0.05, 0.1) is 0 Å². The molecule has 48 valence electrons. The summed E-state index contributed by atoms with van der Waals surface area (Å²) in [4.78, 5) is 18.9. The van der Waals surface area contributed by atoms with Crippen LogP contribution >= 0.6 is 0 Å². The minimum absolute atomic E-state index is 0. The van der Waals surface area contributed by atoms with E-state index in [1.807, 2.05) is 0 Å². The fourth-order valence-corrected chi connectivity index (χ4v) is 0. The van der Waals surface area contributed by atoms with Crippen LogP contribution in [0.4, 0.5) is 0 Å². The normalized spacial score (nSPS) is 5.78. The van der Waals surface area contributed by atoms with Crippen LogP contribution in [0.5, 0.6) is 0 Å². The summed E-state index contributed by atoms with van der Waals surface area (Å²) < 4.78 is 0. The maximum absolute atomic E-state index is 9.44. The SMILES string of the molecule is CC(C)=O.CC(C)=O.[Zn+2]. The molecule has 0 fully saturated rings. The summed E-state index contributed by atoms with van der Waals surface area (Å²) in [6, 6.07) is 0. The molecule has 0 spiro atoms. The number of carbonyl (C=O) groups is 2. The number of ketones is 2. The molecule has 0 bridgehead atoms. The van der Waals surface area contributed by atoms with Gasteiger partial charge in [-0.2, -0.15) is 0 Å². The van der Waals surface area contributed by atoms with E-state index in [1.54, 1.807) is 0 Å². The molecule has 0 unspecified atom stereocenters. The monoisotopic (exact) mass is 180 g/mol. The van der Waals surface area contributed by atoms with Crippen molar-refractivity contribution in [1.29, 1.82) is 0 Å². The molecule has 0 aliphatic carbocycles. The quantitative estimate of drug-likeness (QED) is 0.526. The van der Waals surface area contributed by atoms with E-state index < -0.39 is 0 Å². The minimum atomic E-state index is 0. The number of hydrogen-bond donors (Lipinski definition) is 0.